The van der Waals surface area contributed by atoms with Gasteiger partial charge in [-0.1, -0.05) is 53.3 Å². The molecule has 2 aromatic carbocycles. The van der Waals surface area contributed by atoms with E-state index in [-0.39, 0.29) is 18.3 Å². The van der Waals surface area contributed by atoms with E-state index in [1.54, 1.807) is 30.5 Å². The van der Waals surface area contributed by atoms with Gasteiger partial charge in [0.15, 0.2) is 4.80 Å². The molecule has 2 aliphatic rings. The highest BCUT2D eigenvalue weighted by Crippen LogP contribution is 2.32. The minimum Gasteiger partial charge on any atom is -0.485 e. The number of ether oxygens (including phenoxy) is 2. The van der Waals surface area contributed by atoms with Crippen LogP contribution in [0.25, 0.3) is 12.2 Å². The van der Waals surface area contributed by atoms with Gasteiger partial charge in [0.25, 0.3) is 5.56 Å². The van der Waals surface area contributed by atoms with Gasteiger partial charge in [0.05, 0.1) is 28.5 Å². The van der Waals surface area contributed by atoms with Crippen molar-refractivity contribution in [3.63, 3.8) is 0 Å². The second kappa shape index (κ2) is 9.32. The molecule has 2 atom stereocenters. The molecule has 3 aromatic rings. The van der Waals surface area contributed by atoms with Crippen LogP contribution in [0.4, 0.5) is 0 Å². The van der Waals surface area contributed by atoms with E-state index >= 15 is 0 Å². The highest BCUT2D eigenvalue weighted by atomic mass is 35.5. The number of rotatable bonds is 4. The third kappa shape index (κ3) is 4.26. The van der Waals surface area contributed by atoms with E-state index in [2.05, 4.69) is 4.99 Å². The van der Waals surface area contributed by atoms with Crippen molar-refractivity contribution in [2.45, 2.75) is 32.9 Å². The second-order valence-electron chi connectivity index (χ2n) is 8.30. The summed E-state index contributed by atoms with van der Waals surface area (Å²) in [5.41, 5.74) is 3.24. The van der Waals surface area contributed by atoms with Gasteiger partial charge < -0.3 is 9.47 Å². The molecule has 0 N–H and O–H groups in total. The molecule has 0 saturated heterocycles. The van der Waals surface area contributed by atoms with Crippen LogP contribution in [-0.4, -0.2) is 23.2 Å². The SMILES string of the molecule is CCOC(=O)C1=C(C)N=c2s/c(=C\C3=Cc4ccccc4O[C@@H]3C)c(=O)n2[C@@H]1c1ccc(Cl)cc1. The van der Waals surface area contributed by atoms with E-state index in [1.807, 2.05) is 55.5 Å². The lowest BCUT2D eigenvalue weighted by Crippen LogP contribution is -2.40. The number of esters is 1. The van der Waals surface area contributed by atoms with Gasteiger partial charge in [-0.2, -0.15) is 0 Å². The number of para-hydroxylation sites is 1. The lowest BCUT2D eigenvalue weighted by atomic mass is 9.96. The van der Waals surface area contributed by atoms with Crippen molar-refractivity contribution < 1.29 is 14.3 Å². The molecular weight excluding hydrogens is 484 g/mol. The fraction of sp³-hybridized carbons (Fsp3) is 0.222. The van der Waals surface area contributed by atoms with Gasteiger partial charge in [-0.05, 0) is 62.3 Å². The van der Waals surface area contributed by atoms with E-state index in [1.165, 1.54) is 11.3 Å². The highest BCUT2D eigenvalue weighted by molar-refractivity contribution is 7.07. The van der Waals surface area contributed by atoms with Crippen LogP contribution in [-0.2, 0) is 9.53 Å². The predicted molar refractivity (Wildman–Crippen MR) is 137 cm³/mol. The van der Waals surface area contributed by atoms with Crippen LogP contribution in [0, 0.1) is 0 Å². The lowest BCUT2D eigenvalue weighted by Gasteiger charge is -2.24. The van der Waals surface area contributed by atoms with Crippen molar-refractivity contribution >= 4 is 41.1 Å². The summed E-state index contributed by atoms with van der Waals surface area (Å²) in [6.45, 7) is 5.69. The Labute approximate surface area is 211 Å². The molecule has 3 heterocycles. The van der Waals surface area contributed by atoms with Gasteiger partial charge in [-0.25, -0.2) is 9.79 Å². The molecule has 1 aromatic heterocycles. The normalized spacial score (nSPS) is 19.3. The zero-order valence-corrected chi connectivity index (χ0v) is 21.0. The molecule has 0 radical (unpaired) electrons. The van der Waals surface area contributed by atoms with Gasteiger partial charge in [0, 0.05) is 10.6 Å². The van der Waals surface area contributed by atoms with Crippen LogP contribution < -0.4 is 19.6 Å². The molecule has 0 amide bonds. The molecule has 178 valence electrons. The number of benzene rings is 2. The fourth-order valence-electron chi connectivity index (χ4n) is 4.32. The van der Waals surface area contributed by atoms with Crippen LogP contribution in [0.1, 0.15) is 37.9 Å². The van der Waals surface area contributed by atoms with E-state index in [0.29, 0.717) is 25.6 Å². The standard InChI is InChI=1S/C27H23ClN2O4S/c1-4-33-26(32)23-15(2)29-27-30(24(23)17-9-11-20(28)12-10-17)25(31)22(35-27)14-19-13-18-7-5-6-8-21(18)34-16(19)3/h5-14,16,24H,4H2,1-3H3/b22-14-/t16-,24-/m1/s1. The second-order valence-corrected chi connectivity index (χ2v) is 9.74. The summed E-state index contributed by atoms with van der Waals surface area (Å²) < 4.78 is 13.5. The first-order chi connectivity index (χ1) is 16.9. The molecule has 0 saturated carbocycles. The van der Waals surface area contributed by atoms with E-state index in [0.717, 1.165) is 22.4 Å². The molecule has 0 fully saturated rings. The van der Waals surface area contributed by atoms with Gasteiger partial charge in [0.2, 0.25) is 0 Å². The van der Waals surface area contributed by atoms with Crippen molar-refractivity contribution in [2.75, 3.05) is 6.61 Å². The Morgan fingerprint density at radius 1 is 1.23 bits per heavy atom. The zero-order valence-electron chi connectivity index (χ0n) is 19.4. The summed E-state index contributed by atoms with van der Waals surface area (Å²) in [5.74, 6) is 0.327. The maximum atomic E-state index is 13.7. The molecule has 0 bridgehead atoms. The first-order valence-corrected chi connectivity index (χ1v) is 12.5. The Balaban J connectivity index is 1.69. The maximum Gasteiger partial charge on any atom is 0.338 e. The number of thiazole rings is 1. The van der Waals surface area contributed by atoms with E-state index < -0.39 is 12.0 Å². The van der Waals surface area contributed by atoms with Gasteiger partial charge in [-0.3, -0.25) is 9.36 Å². The number of carbonyl (C=O) groups excluding carboxylic acids is 1. The number of carbonyl (C=O) groups is 1. The van der Waals surface area contributed by atoms with Gasteiger partial charge >= 0.3 is 5.97 Å². The number of nitrogens with zero attached hydrogens (tertiary/aromatic N) is 2. The summed E-state index contributed by atoms with van der Waals surface area (Å²) in [6.07, 6.45) is 3.67. The third-order valence-electron chi connectivity index (χ3n) is 6.01. The predicted octanol–water partition coefficient (Wildman–Crippen LogP) is 4.27. The quantitative estimate of drug-likeness (QED) is 0.496. The minimum atomic E-state index is -0.667. The summed E-state index contributed by atoms with van der Waals surface area (Å²) in [5, 5.41) is 0.568. The largest absolute Gasteiger partial charge is 0.485 e. The molecular formula is C27H23ClN2O4S. The van der Waals surface area contributed by atoms with Crippen LogP contribution in [0.3, 0.4) is 0 Å². The first-order valence-electron chi connectivity index (χ1n) is 11.3. The topological polar surface area (TPSA) is 69.9 Å². The van der Waals surface area contributed by atoms with Crippen molar-refractivity contribution in [3.8, 4) is 5.75 Å². The van der Waals surface area contributed by atoms with Crippen LogP contribution >= 0.6 is 22.9 Å². The molecule has 35 heavy (non-hydrogen) atoms. The van der Waals surface area contributed by atoms with Crippen molar-refractivity contribution in [3.05, 3.63) is 101 Å². The number of hydrogen-bond donors (Lipinski definition) is 0. The van der Waals surface area contributed by atoms with Crippen molar-refractivity contribution in [2.24, 2.45) is 4.99 Å². The smallest absolute Gasteiger partial charge is 0.338 e. The summed E-state index contributed by atoms with van der Waals surface area (Å²) >= 11 is 7.40. The van der Waals surface area contributed by atoms with Crippen LogP contribution in [0.15, 0.2) is 75.2 Å². The number of halogens is 1. The Morgan fingerprint density at radius 3 is 2.71 bits per heavy atom. The highest BCUT2D eigenvalue weighted by Gasteiger charge is 2.33. The first kappa shape index (κ1) is 23.3. The number of hydrogen-bond acceptors (Lipinski definition) is 6. The molecule has 0 unspecified atom stereocenters. The Bertz CT molecular complexity index is 1560. The number of aromatic nitrogens is 1. The maximum absolute atomic E-state index is 13.7. The lowest BCUT2D eigenvalue weighted by molar-refractivity contribution is -0.139. The van der Waals surface area contributed by atoms with Gasteiger partial charge in [-0.15, -0.1) is 0 Å². The molecule has 8 heteroatoms. The van der Waals surface area contributed by atoms with Crippen LogP contribution in [0.2, 0.25) is 5.02 Å². The molecule has 5 rings (SSSR count). The van der Waals surface area contributed by atoms with Crippen LogP contribution in [0.5, 0.6) is 5.75 Å². The molecule has 0 spiro atoms. The third-order valence-corrected chi connectivity index (χ3v) is 7.25. The summed E-state index contributed by atoms with van der Waals surface area (Å²) in [7, 11) is 0. The van der Waals surface area contributed by atoms with Crippen molar-refractivity contribution in [1.29, 1.82) is 0 Å². The Hall–Kier alpha value is -3.42. The molecule has 0 aliphatic carbocycles. The van der Waals surface area contributed by atoms with E-state index in [9.17, 15) is 9.59 Å². The fourth-order valence-corrected chi connectivity index (χ4v) is 5.50. The molecule has 2 aliphatic heterocycles. The van der Waals surface area contributed by atoms with Gasteiger partial charge in [0.1, 0.15) is 11.9 Å². The minimum absolute atomic E-state index is 0.215. The average molecular weight is 507 g/mol. The van der Waals surface area contributed by atoms with E-state index in [4.69, 9.17) is 21.1 Å². The number of fused-ring (bicyclic) bond motifs is 2. The molecule has 6 nitrogen and oxygen atoms in total. The summed E-state index contributed by atoms with van der Waals surface area (Å²) in [4.78, 5) is 31.8. The Kier molecular flexibility index (Phi) is 6.21. The average Bonchev–Trinajstić information content (AvgIpc) is 3.13. The zero-order chi connectivity index (χ0) is 24.7. The number of allylic oxidation sites excluding steroid dienone is 1. The monoisotopic (exact) mass is 506 g/mol. The van der Waals surface area contributed by atoms with Crippen molar-refractivity contribution in [1.82, 2.24) is 4.57 Å². The Morgan fingerprint density at radius 2 is 1.97 bits per heavy atom. The summed E-state index contributed by atoms with van der Waals surface area (Å²) in [6, 6.07) is 14.2.